The van der Waals surface area contributed by atoms with Gasteiger partial charge < -0.3 is 5.32 Å². The van der Waals surface area contributed by atoms with Crippen LogP contribution in [-0.4, -0.2) is 9.91 Å². The zero-order valence-corrected chi connectivity index (χ0v) is 10.9. The Balaban J connectivity index is 2.11. The van der Waals surface area contributed by atoms with E-state index in [2.05, 4.69) is 10.3 Å². The first-order valence-electron chi connectivity index (χ1n) is 6.15. The van der Waals surface area contributed by atoms with Gasteiger partial charge in [-0.25, -0.2) is 4.39 Å². The summed E-state index contributed by atoms with van der Waals surface area (Å²) in [4.78, 5) is 14.6. The Labute approximate surface area is 115 Å². The number of benzene rings is 1. The molecular weight excluding hydrogens is 261 g/mol. The summed E-state index contributed by atoms with van der Waals surface area (Å²) in [6, 6.07) is 8.90. The molecule has 1 heterocycles. The number of rotatable bonds is 5. The molecule has 1 atom stereocenters. The van der Waals surface area contributed by atoms with Gasteiger partial charge in [-0.2, -0.15) is 0 Å². The lowest BCUT2D eigenvalue weighted by molar-refractivity contribution is -0.385. The third-order valence-corrected chi connectivity index (χ3v) is 2.97. The molecule has 1 N–H and O–H groups in total. The van der Waals surface area contributed by atoms with Crippen molar-refractivity contribution in [2.24, 2.45) is 0 Å². The first-order chi connectivity index (χ1) is 9.58. The van der Waals surface area contributed by atoms with E-state index in [0.717, 1.165) is 11.8 Å². The van der Waals surface area contributed by atoms with E-state index in [1.165, 1.54) is 12.1 Å². The molecule has 0 fully saturated rings. The molecule has 0 aliphatic carbocycles. The maximum absolute atomic E-state index is 13.2. The highest BCUT2D eigenvalue weighted by Gasteiger charge is 2.15. The van der Waals surface area contributed by atoms with Gasteiger partial charge in [-0.05, 0) is 31.2 Å². The van der Waals surface area contributed by atoms with Gasteiger partial charge in [-0.15, -0.1) is 0 Å². The molecule has 0 spiro atoms. The van der Waals surface area contributed by atoms with E-state index in [1.807, 2.05) is 25.1 Å². The molecule has 1 aromatic heterocycles. The summed E-state index contributed by atoms with van der Waals surface area (Å²) in [6.45, 7) is 2.10. The van der Waals surface area contributed by atoms with Crippen LogP contribution in [0.25, 0.3) is 0 Å². The van der Waals surface area contributed by atoms with Crippen molar-refractivity contribution in [1.29, 1.82) is 0 Å². The van der Waals surface area contributed by atoms with Crippen molar-refractivity contribution in [3.8, 4) is 0 Å². The third kappa shape index (κ3) is 3.36. The molecule has 0 saturated carbocycles. The SMILES string of the molecule is C[C@@H](NCc1cc(F)ccc1[N+](=O)[O-])c1ccccn1. The van der Waals surface area contributed by atoms with E-state index < -0.39 is 10.7 Å². The third-order valence-electron chi connectivity index (χ3n) is 2.97. The number of hydrogen-bond acceptors (Lipinski definition) is 4. The Morgan fingerprint density at radius 3 is 2.85 bits per heavy atom. The summed E-state index contributed by atoms with van der Waals surface area (Å²) in [5, 5.41) is 14.0. The summed E-state index contributed by atoms with van der Waals surface area (Å²) < 4.78 is 13.2. The molecule has 1 aromatic carbocycles. The molecular formula is C14H14FN3O2. The Morgan fingerprint density at radius 1 is 1.40 bits per heavy atom. The lowest BCUT2D eigenvalue weighted by atomic mass is 10.1. The first-order valence-corrected chi connectivity index (χ1v) is 6.15. The van der Waals surface area contributed by atoms with E-state index in [4.69, 9.17) is 0 Å². The van der Waals surface area contributed by atoms with Crippen LogP contribution >= 0.6 is 0 Å². The number of hydrogen-bond donors (Lipinski definition) is 1. The highest BCUT2D eigenvalue weighted by molar-refractivity contribution is 5.40. The lowest BCUT2D eigenvalue weighted by Gasteiger charge is -2.13. The van der Waals surface area contributed by atoms with Crippen LogP contribution in [-0.2, 0) is 6.54 Å². The number of aromatic nitrogens is 1. The van der Waals surface area contributed by atoms with Crippen LogP contribution in [0, 0.1) is 15.9 Å². The van der Waals surface area contributed by atoms with Gasteiger partial charge in [-0.1, -0.05) is 6.07 Å². The topological polar surface area (TPSA) is 68.1 Å². The number of nitrogens with zero attached hydrogens (tertiary/aromatic N) is 2. The minimum absolute atomic E-state index is 0.0842. The number of pyridine rings is 1. The van der Waals surface area contributed by atoms with Gasteiger partial charge in [0.1, 0.15) is 5.82 Å². The largest absolute Gasteiger partial charge is 0.304 e. The van der Waals surface area contributed by atoms with Crippen molar-refractivity contribution in [3.05, 3.63) is 69.8 Å². The quantitative estimate of drug-likeness (QED) is 0.672. The summed E-state index contributed by atoms with van der Waals surface area (Å²) in [5.74, 6) is -0.488. The van der Waals surface area contributed by atoms with Gasteiger partial charge in [0.15, 0.2) is 0 Å². The van der Waals surface area contributed by atoms with Gasteiger partial charge in [0.2, 0.25) is 0 Å². The van der Waals surface area contributed by atoms with Crippen molar-refractivity contribution in [2.45, 2.75) is 19.5 Å². The lowest BCUT2D eigenvalue weighted by Crippen LogP contribution is -2.19. The smallest absolute Gasteiger partial charge is 0.274 e. The zero-order chi connectivity index (χ0) is 14.5. The monoisotopic (exact) mass is 275 g/mol. The minimum Gasteiger partial charge on any atom is -0.304 e. The van der Waals surface area contributed by atoms with Gasteiger partial charge in [-0.3, -0.25) is 15.1 Å². The van der Waals surface area contributed by atoms with Crippen molar-refractivity contribution < 1.29 is 9.31 Å². The fraction of sp³-hybridized carbons (Fsp3) is 0.214. The number of halogens is 1. The predicted molar refractivity (Wildman–Crippen MR) is 72.5 cm³/mol. The predicted octanol–water partition coefficient (Wildman–Crippen LogP) is 2.98. The summed E-state index contributed by atoms with van der Waals surface area (Å²) in [7, 11) is 0. The van der Waals surface area contributed by atoms with Crippen molar-refractivity contribution in [3.63, 3.8) is 0 Å². The van der Waals surface area contributed by atoms with Crippen LogP contribution in [0.2, 0.25) is 0 Å². The van der Waals surface area contributed by atoms with Crippen molar-refractivity contribution in [2.75, 3.05) is 0 Å². The molecule has 104 valence electrons. The molecule has 0 radical (unpaired) electrons. The van der Waals surface area contributed by atoms with E-state index in [1.54, 1.807) is 6.20 Å². The summed E-state index contributed by atoms with van der Waals surface area (Å²) in [6.07, 6.45) is 1.68. The Bertz CT molecular complexity index is 605. The van der Waals surface area contributed by atoms with Crippen LogP contribution in [0.5, 0.6) is 0 Å². The second kappa shape index (κ2) is 6.21. The van der Waals surface area contributed by atoms with Gasteiger partial charge in [0.05, 0.1) is 10.6 Å². The Morgan fingerprint density at radius 2 is 2.20 bits per heavy atom. The molecule has 0 bridgehead atoms. The number of nitro groups is 1. The molecule has 2 aromatic rings. The van der Waals surface area contributed by atoms with Gasteiger partial charge in [0, 0.05) is 30.4 Å². The zero-order valence-electron chi connectivity index (χ0n) is 10.9. The summed E-state index contributed by atoms with van der Waals surface area (Å²) >= 11 is 0. The number of nitrogens with one attached hydrogen (secondary N) is 1. The van der Waals surface area contributed by atoms with Crippen molar-refractivity contribution >= 4 is 5.69 Å². The Hall–Kier alpha value is -2.34. The van der Waals surface area contributed by atoms with Crippen LogP contribution in [0.4, 0.5) is 10.1 Å². The first kappa shape index (κ1) is 14.1. The standard InChI is InChI=1S/C14H14FN3O2/c1-10(13-4-2-3-7-16-13)17-9-11-8-12(15)5-6-14(11)18(19)20/h2-8,10,17H,9H2,1H3/t10-/m1/s1. The molecule has 0 amide bonds. The molecule has 0 unspecified atom stereocenters. The van der Waals surface area contributed by atoms with E-state index in [9.17, 15) is 14.5 Å². The second-order valence-corrected chi connectivity index (χ2v) is 4.39. The van der Waals surface area contributed by atoms with E-state index in [-0.39, 0.29) is 18.3 Å². The van der Waals surface area contributed by atoms with E-state index >= 15 is 0 Å². The van der Waals surface area contributed by atoms with Crippen LogP contribution in [0.3, 0.4) is 0 Å². The minimum atomic E-state index is -0.512. The molecule has 2 rings (SSSR count). The van der Waals surface area contributed by atoms with Crippen LogP contribution in [0.1, 0.15) is 24.2 Å². The average Bonchev–Trinajstić information content (AvgIpc) is 2.45. The maximum atomic E-state index is 13.2. The van der Waals surface area contributed by atoms with E-state index in [0.29, 0.717) is 5.56 Å². The molecule has 0 saturated heterocycles. The van der Waals surface area contributed by atoms with Crippen LogP contribution in [0.15, 0.2) is 42.6 Å². The second-order valence-electron chi connectivity index (χ2n) is 4.39. The molecule has 0 aliphatic heterocycles. The number of nitro benzene ring substituents is 1. The fourth-order valence-electron chi connectivity index (χ4n) is 1.87. The average molecular weight is 275 g/mol. The van der Waals surface area contributed by atoms with Gasteiger partial charge >= 0.3 is 0 Å². The molecule has 6 heteroatoms. The highest BCUT2D eigenvalue weighted by atomic mass is 19.1. The molecule has 20 heavy (non-hydrogen) atoms. The highest BCUT2D eigenvalue weighted by Crippen LogP contribution is 2.20. The molecule has 5 nitrogen and oxygen atoms in total. The Kier molecular flexibility index (Phi) is 4.37. The summed E-state index contributed by atoms with van der Waals surface area (Å²) in [5.41, 5.74) is 1.05. The van der Waals surface area contributed by atoms with Gasteiger partial charge in [0.25, 0.3) is 5.69 Å². The molecule has 0 aliphatic rings. The van der Waals surface area contributed by atoms with Crippen molar-refractivity contribution in [1.82, 2.24) is 10.3 Å². The maximum Gasteiger partial charge on any atom is 0.274 e. The fourth-order valence-corrected chi connectivity index (χ4v) is 1.87. The van der Waals surface area contributed by atoms with Crippen LogP contribution < -0.4 is 5.32 Å². The normalized spacial score (nSPS) is 12.1.